The van der Waals surface area contributed by atoms with E-state index in [9.17, 15) is 14.4 Å². The lowest BCUT2D eigenvalue weighted by molar-refractivity contribution is 0.0979. The van der Waals surface area contributed by atoms with Crippen molar-refractivity contribution in [3.8, 4) is 0 Å². The molecule has 172 valence electrons. The van der Waals surface area contributed by atoms with Crippen LogP contribution in [0.4, 0.5) is 0 Å². The second-order valence-electron chi connectivity index (χ2n) is 9.64. The third-order valence-electron chi connectivity index (χ3n) is 6.27. The first-order chi connectivity index (χ1) is 16.8. The van der Waals surface area contributed by atoms with Gasteiger partial charge in [0.05, 0.1) is 0 Å². The molecule has 0 amide bonds. The van der Waals surface area contributed by atoms with Gasteiger partial charge in [-0.25, -0.2) is 0 Å². The van der Waals surface area contributed by atoms with Gasteiger partial charge in [0.15, 0.2) is 17.0 Å². The Morgan fingerprint density at radius 1 is 0.543 bits per heavy atom. The van der Waals surface area contributed by atoms with Crippen LogP contribution in [-0.2, 0) is 5.41 Å². The van der Waals surface area contributed by atoms with Gasteiger partial charge in [0, 0.05) is 42.4 Å². The van der Waals surface area contributed by atoms with E-state index < -0.39 is 0 Å². The highest BCUT2D eigenvalue weighted by Gasteiger charge is 2.30. The quantitative estimate of drug-likeness (QED) is 0.218. The number of fused-ring (bicyclic) bond motifs is 4. The largest absolute Gasteiger partial charge is 0.289 e. The molecule has 0 fully saturated rings. The van der Waals surface area contributed by atoms with Crippen molar-refractivity contribution in [1.82, 2.24) is 0 Å². The van der Waals surface area contributed by atoms with E-state index in [1.165, 1.54) is 0 Å². The molecule has 0 bridgehead atoms. The summed E-state index contributed by atoms with van der Waals surface area (Å²) in [5.74, 6) is -0.114. The van der Waals surface area contributed by atoms with Crippen molar-refractivity contribution in [2.75, 3.05) is 0 Å². The molecule has 5 aromatic rings. The van der Waals surface area contributed by atoms with Gasteiger partial charge in [0.1, 0.15) is 0 Å². The lowest BCUT2D eigenvalue weighted by atomic mass is 9.79. The van der Waals surface area contributed by atoms with Gasteiger partial charge in [0.25, 0.3) is 0 Å². The molecule has 6 rings (SSSR count). The van der Waals surface area contributed by atoms with Crippen LogP contribution in [0.15, 0.2) is 95.8 Å². The van der Waals surface area contributed by atoms with Crippen LogP contribution in [0.5, 0.6) is 0 Å². The summed E-state index contributed by atoms with van der Waals surface area (Å²) < 4.78 is 2.11. The number of benzene rings is 4. The van der Waals surface area contributed by atoms with Crippen LogP contribution in [0.25, 0.3) is 20.2 Å². The number of hydrogen-bond acceptors (Lipinski definition) is 4. The maximum Gasteiger partial charge on any atom is 0.195 e. The van der Waals surface area contributed by atoms with Gasteiger partial charge in [-0.1, -0.05) is 75.4 Å². The van der Waals surface area contributed by atoms with Crippen LogP contribution >= 0.6 is 11.3 Å². The Hall–Kier alpha value is -3.89. The first-order valence-electron chi connectivity index (χ1n) is 11.5. The minimum absolute atomic E-state index is 0.0463. The van der Waals surface area contributed by atoms with Crippen LogP contribution in [-0.4, -0.2) is 11.6 Å². The van der Waals surface area contributed by atoms with Crippen molar-refractivity contribution in [3.63, 3.8) is 0 Å². The summed E-state index contributed by atoms with van der Waals surface area (Å²) in [7, 11) is 0. The highest BCUT2D eigenvalue weighted by molar-refractivity contribution is 7.24. The number of rotatable bonds is 0. The summed E-state index contributed by atoms with van der Waals surface area (Å²) in [5.41, 5.74) is 3.22. The normalized spacial score (nSPS) is 12.7. The predicted octanol–water partition coefficient (Wildman–Crippen LogP) is 7.17. The van der Waals surface area contributed by atoms with Crippen molar-refractivity contribution >= 4 is 43.1 Å². The van der Waals surface area contributed by atoms with E-state index in [1.807, 2.05) is 60.7 Å². The van der Waals surface area contributed by atoms with Gasteiger partial charge >= 0.3 is 0 Å². The van der Waals surface area contributed by atoms with E-state index in [0.29, 0.717) is 22.3 Å². The molecular weight excluding hydrogens is 452 g/mol. The Bertz CT molecular complexity index is 1630. The van der Waals surface area contributed by atoms with Crippen LogP contribution in [0, 0.1) is 0 Å². The van der Waals surface area contributed by atoms with Crippen LogP contribution in [0.1, 0.15) is 58.2 Å². The topological polar surface area (TPSA) is 51.2 Å². The van der Waals surface area contributed by atoms with Crippen LogP contribution < -0.4 is 5.43 Å². The predicted molar refractivity (Wildman–Crippen MR) is 144 cm³/mol. The van der Waals surface area contributed by atoms with Crippen molar-refractivity contribution < 1.29 is 9.59 Å². The van der Waals surface area contributed by atoms with E-state index in [2.05, 4.69) is 20.8 Å². The zero-order chi connectivity index (χ0) is 24.7. The highest BCUT2D eigenvalue weighted by Crippen LogP contribution is 2.31. The lowest BCUT2D eigenvalue weighted by Crippen LogP contribution is -2.22. The molecule has 1 heterocycles. The Morgan fingerprint density at radius 3 is 1.54 bits per heavy atom. The highest BCUT2D eigenvalue weighted by atomic mass is 32.1. The molecule has 0 saturated carbocycles. The van der Waals surface area contributed by atoms with E-state index in [1.54, 1.807) is 41.7 Å². The summed E-state index contributed by atoms with van der Waals surface area (Å²) in [4.78, 5) is 37.1. The monoisotopic (exact) mass is 476 g/mol. The molecular formula is C31H24O3S. The van der Waals surface area contributed by atoms with Gasteiger partial charge < -0.3 is 0 Å². The molecule has 0 aliphatic heterocycles. The smallest absolute Gasteiger partial charge is 0.195 e. The summed E-state index contributed by atoms with van der Waals surface area (Å²) in [5, 5.41) is 1.64. The van der Waals surface area contributed by atoms with Gasteiger partial charge in [-0.3, -0.25) is 14.4 Å². The Morgan fingerprint density at radius 2 is 1.00 bits per heavy atom. The fourth-order valence-electron chi connectivity index (χ4n) is 4.32. The fraction of sp³-hybridized carbons (Fsp3) is 0.129. The summed E-state index contributed by atoms with van der Waals surface area (Å²) in [6.07, 6.45) is 0. The lowest BCUT2D eigenvalue weighted by Gasteiger charge is -2.23. The molecule has 0 N–H and O–H groups in total. The zero-order valence-electron chi connectivity index (χ0n) is 19.8. The molecule has 0 atom stereocenters. The second-order valence-corrected chi connectivity index (χ2v) is 10.7. The standard InChI is InChI=1S/C18H16O2.C13H8OS/c1-18(2,3)11-8-9-14-15(10-11)17(20)13-7-5-4-6-12(13)16(14)19;14-13-9-5-1-3-7-11(9)15-12-8-4-2-6-10(12)13/h4-10H,1-3H3;1-8H. The fourth-order valence-corrected chi connectivity index (χ4v) is 5.39. The first-order valence-corrected chi connectivity index (χ1v) is 12.3. The third kappa shape index (κ3) is 4.11. The Labute approximate surface area is 207 Å². The zero-order valence-corrected chi connectivity index (χ0v) is 20.6. The minimum atomic E-state index is -0.0596. The maximum atomic E-state index is 12.6. The van der Waals surface area contributed by atoms with Crippen molar-refractivity contribution in [3.05, 3.63) is 129 Å². The van der Waals surface area contributed by atoms with E-state index in [4.69, 9.17) is 0 Å². The Balaban J connectivity index is 0.000000151. The number of ketones is 2. The molecule has 0 saturated heterocycles. The molecule has 0 radical (unpaired) electrons. The minimum Gasteiger partial charge on any atom is -0.289 e. The average molecular weight is 477 g/mol. The van der Waals surface area contributed by atoms with Crippen molar-refractivity contribution in [1.29, 1.82) is 0 Å². The summed E-state index contributed by atoms with van der Waals surface area (Å²) >= 11 is 1.67. The Kier molecular flexibility index (Phi) is 5.70. The molecule has 4 heteroatoms. The second kappa shape index (κ2) is 8.71. The number of carbonyl (C=O) groups excluding carboxylic acids is 2. The van der Waals surface area contributed by atoms with Gasteiger partial charge in [0.2, 0.25) is 0 Å². The number of carbonyl (C=O) groups is 2. The summed E-state index contributed by atoms with van der Waals surface area (Å²) in [6, 6.07) is 28.1. The van der Waals surface area contributed by atoms with Crippen molar-refractivity contribution in [2.45, 2.75) is 26.2 Å². The molecule has 0 spiro atoms. The van der Waals surface area contributed by atoms with E-state index in [0.717, 1.165) is 25.7 Å². The van der Waals surface area contributed by atoms with Crippen molar-refractivity contribution in [2.24, 2.45) is 0 Å². The molecule has 0 unspecified atom stereocenters. The average Bonchev–Trinajstić information content (AvgIpc) is 2.87. The molecule has 1 aliphatic carbocycles. The molecule has 4 aromatic carbocycles. The van der Waals surface area contributed by atoms with Gasteiger partial charge in [-0.05, 0) is 47.4 Å². The molecule has 35 heavy (non-hydrogen) atoms. The maximum absolute atomic E-state index is 12.6. The van der Waals surface area contributed by atoms with Gasteiger partial charge in [-0.15, -0.1) is 11.3 Å². The SMILES string of the molecule is CC(C)(C)c1ccc2c(c1)C(=O)c1ccccc1C2=O.O=c1c2ccccc2sc2ccccc12. The van der Waals surface area contributed by atoms with E-state index >= 15 is 0 Å². The third-order valence-corrected chi connectivity index (χ3v) is 7.43. The van der Waals surface area contributed by atoms with Gasteiger partial charge in [-0.2, -0.15) is 0 Å². The van der Waals surface area contributed by atoms with Crippen LogP contribution in [0.3, 0.4) is 0 Å². The number of hydrogen-bond donors (Lipinski definition) is 0. The first kappa shape index (κ1) is 22.9. The van der Waals surface area contributed by atoms with Crippen LogP contribution in [0.2, 0.25) is 0 Å². The molecule has 3 nitrogen and oxygen atoms in total. The molecule has 1 aliphatic rings. The van der Waals surface area contributed by atoms with E-state index in [-0.39, 0.29) is 22.4 Å². The summed E-state index contributed by atoms with van der Waals surface area (Å²) in [6.45, 7) is 6.29. The molecule has 1 aromatic heterocycles.